The minimum absolute atomic E-state index is 0.0254. The molecule has 4 nitrogen and oxygen atoms in total. The van der Waals surface area contributed by atoms with Gasteiger partial charge in [-0.25, -0.2) is 12.7 Å². The van der Waals surface area contributed by atoms with E-state index < -0.39 is 15.4 Å². The molecule has 0 aromatic heterocycles. The first kappa shape index (κ1) is 14.4. The number of nitrogens with zero attached hydrogens (tertiary/aromatic N) is 1. The van der Waals surface area contributed by atoms with Crippen LogP contribution in [0, 0.1) is 22.2 Å². The van der Waals surface area contributed by atoms with Crippen LogP contribution in [0.15, 0.2) is 0 Å². The number of carbonyl (C=O) groups is 1. The van der Waals surface area contributed by atoms with Crippen molar-refractivity contribution in [3.8, 4) is 0 Å². The Hall–Kier alpha value is -0.580. The van der Waals surface area contributed by atoms with Crippen LogP contribution < -0.4 is 0 Å². The maximum atomic E-state index is 12.7. The van der Waals surface area contributed by atoms with E-state index in [4.69, 9.17) is 0 Å². The summed E-state index contributed by atoms with van der Waals surface area (Å²) in [5.74, 6) is 0.483. The highest BCUT2D eigenvalue weighted by Crippen LogP contribution is 2.70. The average Bonchev–Trinajstić information content (AvgIpc) is 2.73. The highest BCUT2D eigenvalue weighted by Gasteiger charge is 2.72. The van der Waals surface area contributed by atoms with Crippen molar-refractivity contribution in [3.05, 3.63) is 0 Å². The Morgan fingerprint density at radius 2 is 1.85 bits per heavy atom. The lowest BCUT2D eigenvalue weighted by molar-refractivity contribution is -0.137. The lowest BCUT2D eigenvalue weighted by atomic mass is 9.69. The van der Waals surface area contributed by atoms with Gasteiger partial charge in [-0.1, -0.05) is 34.6 Å². The molecule has 0 aromatic rings. The second-order valence-corrected chi connectivity index (χ2v) is 10.3. The summed E-state index contributed by atoms with van der Waals surface area (Å²) in [6, 6.07) is -0.104. The van der Waals surface area contributed by atoms with Gasteiger partial charge < -0.3 is 0 Å². The third kappa shape index (κ3) is 1.48. The van der Waals surface area contributed by atoms with E-state index >= 15 is 0 Å². The quantitative estimate of drug-likeness (QED) is 0.690. The molecule has 0 N–H and O–H groups in total. The predicted octanol–water partition coefficient (Wildman–Crippen LogP) is 2.40. The molecule has 3 fully saturated rings. The zero-order chi connectivity index (χ0) is 15.1. The molecule has 1 heterocycles. The van der Waals surface area contributed by atoms with Gasteiger partial charge in [-0.05, 0) is 30.6 Å². The maximum absolute atomic E-state index is 12.7. The molecule has 114 valence electrons. The lowest BCUT2D eigenvalue weighted by Gasteiger charge is -2.38. The van der Waals surface area contributed by atoms with Crippen molar-refractivity contribution < 1.29 is 13.2 Å². The Balaban J connectivity index is 2.10. The molecule has 0 radical (unpaired) electrons. The van der Waals surface area contributed by atoms with Crippen LogP contribution in [0.1, 0.15) is 53.9 Å². The third-order valence-corrected chi connectivity index (χ3v) is 8.15. The van der Waals surface area contributed by atoms with Gasteiger partial charge in [0.1, 0.15) is 0 Å². The predicted molar refractivity (Wildman–Crippen MR) is 77.4 cm³/mol. The number of amides is 1. The van der Waals surface area contributed by atoms with E-state index in [0.717, 1.165) is 19.3 Å². The van der Waals surface area contributed by atoms with Crippen molar-refractivity contribution >= 4 is 15.9 Å². The minimum Gasteiger partial charge on any atom is -0.273 e. The number of sulfonamides is 1. The summed E-state index contributed by atoms with van der Waals surface area (Å²) in [7, 11) is -3.46. The van der Waals surface area contributed by atoms with Crippen molar-refractivity contribution in [3.63, 3.8) is 0 Å². The summed E-state index contributed by atoms with van der Waals surface area (Å²) >= 11 is 0. The van der Waals surface area contributed by atoms with Crippen molar-refractivity contribution in [1.82, 2.24) is 4.31 Å². The summed E-state index contributed by atoms with van der Waals surface area (Å²) in [6.45, 7) is 9.80. The topological polar surface area (TPSA) is 54.5 Å². The average molecular weight is 299 g/mol. The molecule has 5 heteroatoms. The van der Waals surface area contributed by atoms with E-state index in [1.54, 1.807) is 20.8 Å². The number of hydrogen-bond acceptors (Lipinski definition) is 3. The molecular weight excluding hydrogens is 274 g/mol. The van der Waals surface area contributed by atoms with Gasteiger partial charge in [0.05, 0.1) is 11.8 Å². The number of hydrogen-bond donors (Lipinski definition) is 0. The molecular formula is C15H25NO3S. The van der Waals surface area contributed by atoms with Crippen LogP contribution in [0.3, 0.4) is 0 Å². The molecule has 1 aliphatic heterocycles. The largest absolute Gasteiger partial charge is 0.273 e. The van der Waals surface area contributed by atoms with Crippen LogP contribution in [0.5, 0.6) is 0 Å². The fraction of sp³-hybridized carbons (Fsp3) is 0.933. The Bertz CT molecular complexity index is 572. The highest BCUT2D eigenvalue weighted by atomic mass is 32.2. The summed E-state index contributed by atoms with van der Waals surface area (Å²) in [6.07, 6.45) is 2.91. The smallest absolute Gasteiger partial charge is 0.241 e. The van der Waals surface area contributed by atoms with E-state index in [-0.39, 0.29) is 28.5 Å². The molecule has 2 saturated carbocycles. The second kappa shape index (κ2) is 3.60. The van der Waals surface area contributed by atoms with Crippen LogP contribution >= 0.6 is 0 Å². The second-order valence-electron chi connectivity index (χ2n) is 8.47. The highest BCUT2D eigenvalue weighted by molar-refractivity contribution is 7.90. The van der Waals surface area contributed by atoms with Crippen molar-refractivity contribution in [2.24, 2.45) is 22.2 Å². The number of carbonyl (C=O) groups excluding carboxylic acids is 1. The molecule has 1 saturated heterocycles. The molecule has 3 unspecified atom stereocenters. The molecule has 3 atom stereocenters. The van der Waals surface area contributed by atoms with Crippen molar-refractivity contribution in [2.45, 2.75) is 59.9 Å². The summed E-state index contributed by atoms with van der Waals surface area (Å²) in [4.78, 5) is 12.7. The van der Waals surface area contributed by atoms with Gasteiger partial charge in [-0.2, -0.15) is 0 Å². The number of rotatable bonds is 0. The molecule has 1 spiro atoms. The standard InChI is InChI=1S/C15H25NO3S/c1-13(2,3)12(17)16-11-8-10-6-7-15(11,14(10,4)5)9-20(16,18)19/h10-11H,6-9H2,1-5H3. The van der Waals surface area contributed by atoms with Gasteiger partial charge in [0, 0.05) is 10.8 Å². The summed E-state index contributed by atoms with van der Waals surface area (Å²) in [5, 5.41) is 0. The first-order valence-electron chi connectivity index (χ1n) is 7.50. The fourth-order valence-corrected chi connectivity index (χ4v) is 7.59. The number of fused-ring (bicyclic) bond motifs is 1. The van der Waals surface area contributed by atoms with E-state index in [1.807, 2.05) is 0 Å². The molecule has 0 aromatic carbocycles. The van der Waals surface area contributed by atoms with E-state index in [2.05, 4.69) is 13.8 Å². The summed E-state index contributed by atoms with van der Waals surface area (Å²) < 4.78 is 26.5. The maximum Gasteiger partial charge on any atom is 0.241 e. The molecule has 2 aliphatic carbocycles. The van der Waals surface area contributed by atoms with Gasteiger partial charge in [0.15, 0.2) is 0 Å². The Kier molecular flexibility index (Phi) is 2.58. The van der Waals surface area contributed by atoms with Crippen LogP contribution in [-0.2, 0) is 14.8 Å². The Labute approximate surface area is 122 Å². The van der Waals surface area contributed by atoms with E-state index in [0.29, 0.717) is 5.92 Å². The first-order valence-corrected chi connectivity index (χ1v) is 9.11. The minimum atomic E-state index is -3.46. The van der Waals surface area contributed by atoms with Crippen molar-refractivity contribution in [1.29, 1.82) is 0 Å². The van der Waals surface area contributed by atoms with E-state index in [1.165, 1.54) is 4.31 Å². The van der Waals surface area contributed by atoms with Gasteiger partial charge in [0.2, 0.25) is 15.9 Å². The molecule has 1 amide bonds. The van der Waals surface area contributed by atoms with Crippen molar-refractivity contribution in [2.75, 3.05) is 5.75 Å². The van der Waals surface area contributed by atoms with Crippen LogP contribution in [0.4, 0.5) is 0 Å². The third-order valence-electron chi connectivity index (χ3n) is 6.25. The molecule has 3 rings (SSSR count). The molecule has 20 heavy (non-hydrogen) atoms. The van der Waals surface area contributed by atoms with E-state index in [9.17, 15) is 13.2 Å². The Morgan fingerprint density at radius 1 is 1.25 bits per heavy atom. The zero-order valence-electron chi connectivity index (χ0n) is 13.1. The monoisotopic (exact) mass is 299 g/mol. The SMILES string of the molecule is CC(C)(C)C(=O)N1C2CC3CCC2(CS1(=O)=O)C3(C)C. The van der Waals surface area contributed by atoms with Gasteiger partial charge >= 0.3 is 0 Å². The van der Waals surface area contributed by atoms with Gasteiger partial charge in [-0.15, -0.1) is 0 Å². The zero-order valence-corrected chi connectivity index (χ0v) is 13.9. The normalized spacial score (nSPS) is 41.0. The lowest BCUT2D eigenvalue weighted by Crippen LogP contribution is -2.47. The van der Waals surface area contributed by atoms with Crippen LogP contribution in [0.25, 0.3) is 0 Å². The fourth-order valence-electron chi connectivity index (χ4n) is 4.89. The Morgan fingerprint density at radius 3 is 2.35 bits per heavy atom. The molecule has 3 aliphatic rings. The molecule has 2 bridgehead atoms. The summed E-state index contributed by atoms with van der Waals surface area (Å²) in [5.41, 5.74) is -0.834. The van der Waals surface area contributed by atoms with Gasteiger partial charge in [0.25, 0.3) is 0 Å². The van der Waals surface area contributed by atoms with Crippen LogP contribution in [0.2, 0.25) is 0 Å². The van der Waals surface area contributed by atoms with Crippen LogP contribution in [-0.4, -0.2) is 30.4 Å². The van der Waals surface area contributed by atoms with Gasteiger partial charge in [-0.3, -0.25) is 4.79 Å². The first-order chi connectivity index (χ1) is 8.93.